The molecule has 2 aromatic rings. The number of hydrogen-bond acceptors (Lipinski definition) is 8. The van der Waals surface area contributed by atoms with E-state index in [1.807, 2.05) is 6.92 Å². The first-order valence-electron chi connectivity index (χ1n) is 7.22. The van der Waals surface area contributed by atoms with Gasteiger partial charge in [-0.25, -0.2) is 18.5 Å². The van der Waals surface area contributed by atoms with E-state index < -0.39 is 16.1 Å². The molecule has 11 heteroatoms. The highest BCUT2D eigenvalue weighted by molar-refractivity contribution is 9.10. The van der Waals surface area contributed by atoms with Crippen molar-refractivity contribution in [3.05, 3.63) is 39.8 Å². The zero-order valence-corrected chi connectivity index (χ0v) is 15.9. The molecule has 0 saturated carbocycles. The Morgan fingerprint density at radius 2 is 1.88 bits per heavy atom. The Bertz CT molecular complexity index is 859. The maximum atomic E-state index is 11.3. The van der Waals surface area contributed by atoms with Gasteiger partial charge in [0.25, 0.3) is 0 Å². The van der Waals surface area contributed by atoms with Crippen molar-refractivity contribution in [2.24, 2.45) is 10.3 Å². The molecule has 0 aliphatic carbocycles. The first-order valence-corrected chi connectivity index (χ1v) is 9.56. The Morgan fingerprint density at radius 1 is 1.24 bits per heavy atom. The molecule has 0 aliphatic rings. The molecule has 1 aromatic carbocycles. The van der Waals surface area contributed by atoms with Gasteiger partial charge in [0.2, 0.25) is 16.0 Å². The van der Waals surface area contributed by atoms with Crippen LogP contribution >= 0.6 is 15.9 Å². The molecule has 9 nitrogen and oxygen atoms in total. The summed E-state index contributed by atoms with van der Waals surface area (Å²) < 4.78 is 23.1. The van der Waals surface area contributed by atoms with Crippen molar-refractivity contribution in [3.8, 4) is 0 Å². The quantitative estimate of drug-likeness (QED) is 0.575. The van der Waals surface area contributed by atoms with Crippen LogP contribution in [-0.2, 0) is 10.0 Å². The number of aromatic nitrogens is 2. The van der Waals surface area contributed by atoms with Gasteiger partial charge in [-0.2, -0.15) is 9.89 Å². The van der Waals surface area contributed by atoms with E-state index in [1.54, 1.807) is 25.3 Å². The second-order valence-electron chi connectivity index (χ2n) is 5.36. The van der Waals surface area contributed by atoms with Gasteiger partial charge in [0.05, 0.1) is 15.4 Å². The van der Waals surface area contributed by atoms with Crippen molar-refractivity contribution in [2.45, 2.75) is 30.8 Å². The minimum atomic E-state index is -3.74. The van der Waals surface area contributed by atoms with Gasteiger partial charge in [-0.05, 0) is 54.0 Å². The number of sulfonamides is 1. The molecular weight excluding hydrogens is 412 g/mol. The van der Waals surface area contributed by atoms with E-state index in [1.165, 1.54) is 12.1 Å². The van der Waals surface area contributed by atoms with E-state index in [-0.39, 0.29) is 10.9 Å². The van der Waals surface area contributed by atoms with Crippen LogP contribution < -0.4 is 15.8 Å². The smallest absolute Gasteiger partial charge is 0.238 e. The van der Waals surface area contributed by atoms with Crippen LogP contribution in [-0.4, -0.2) is 30.5 Å². The zero-order valence-electron chi connectivity index (χ0n) is 13.5. The fourth-order valence-electron chi connectivity index (χ4n) is 1.81. The highest BCUT2D eigenvalue weighted by Crippen LogP contribution is 2.23. The molecule has 0 radical (unpaired) electrons. The third kappa shape index (κ3) is 5.18. The molecule has 2 rings (SSSR count). The Kier molecular flexibility index (Phi) is 6.03. The number of halogens is 1. The average Bonchev–Trinajstić information content (AvgIpc) is 2.56. The molecule has 0 amide bonds. The molecule has 0 spiro atoms. The van der Waals surface area contributed by atoms with Crippen molar-refractivity contribution in [2.75, 3.05) is 10.6 Å². The summed E-state index contributed by atoms with van der Waals surface area (Å²) in [5.41, 5.74) is 0.594. The molecule has 0 aliphatic heterocycles. The van der Waals surface area contributed by atoms with Crippen molar-refractivity contribution in [1.29, 1.82) is 0 Å². The van der Waals surface area contributed by atoms with Crippen LogP contribution in [0.2, 0.25) is 0 Å². The van der Waals surface area contributed by atoms with Gasteiger partial charge in [-0.1, -0.05) is 5.18 Å². The number of nitroso groups, excluding NO2 is 1. The molecule has 1 heterocycles. The monoisotopic (exact) mass is 428 g/mol. The van der Waals surface area contributed by atoms with Crippen LogP contribution in [0.1, 0.15) is 13.8 Å². The van der Waals surface area contributed by atoms with Gasteiger partial charge < -0.3 is 10.6 Å². The third-order valence-corrected chi connectivity index (χ3v) is 4.95. The van der Waals surface area contributed by atoms with E-state index in [2.05, 4.69) is 41.7 Å². The summed E-state index contributed by atoms with van der Waals surface area (Å²) in [6.07, 6.45) is 1.56. The third-order valence-electron chi connectivity index (χ3n) is 3.44. The number of nitrogens with one attached hydrogen (secondary N) is 2. The lowest BCUT2D eigenvalue weighted by Gasteiger charge is -2.17. The summed E-state index contributed by atoms with van der Waals surface area (Å²) >= 11 is 3.34. The number of hydrogen-bond donors (Lipinski definition) is 3. The molecular formula is C14H17BrN6O3S. The first-order chi connectivity index (χ1) is 11.7. The number of anilines is 3. The topological polar surface area (TPSA) is 139 Å². The van der Waals surface area contributed by atoms with Crippen LogP contribution in [0.5, 0.6) is 0 Å². The minimum Gasteiger partial charge on any atom is -0.364 e. The summed E-state index contributed by atoms with van der Waals surface area (Å²) in [4.78, 5) is 19.1. The van der Waals surface area contributed by atoms with Gasteiger partial charge in [0, 0.05) is 11.9 Å². The van der Waals surface area contributed by atoms with Crippen molar-refractivity contribution in [3.63, 3.8) is 0 Å². The van der Waals surface area contributed by atoms with E-state index in [0.29, 0.717) is 21.9 Å². The fraction of sp³-hybridized carbons (Fsp3) is 0.286. The highest BCUT2D eigenvalue weighted by Gasteiger charge is 2.15. The summed E-state index contributed by atoms with van der Waals surface area (Å²) in [7, 11) is -3.74. The summed E-state index contributed by atoms with van der Waals surface area (Å²) in [5, 5.41) is 14.1. The van der Waals surface area contributed by atoms with Crippen molar-refractivity contribution >= 4 is 43.4 Å². The molecule has 0 fully saturated rings. The Balaban J connectivity index is 2.18. The second-order valence-corrected chi connectivity index (χ2v) is 7.78. The van der Waals surface area contributed by atoms with Gasteiger partial charge in [0.15, 0.2) is 0 Å². The van der Waals surface area contributed by atoms with Gasteiger partial charge >= 0.3 is 0 Å². The Labute approximate surface area is 153 Å². The molecule has 134 valence electrons. The van der Waals surface area contributed by atoms with Crippen molar-refractivity contribution < 1.29 is 8.42 Å². The van der Waals surface area contributed by atoms with E-state index >= 15 is 0 Å². The molecule has 0 bridgehead atoms. The lowest BCUT2D eigenvalue weighted by molar-refractivity contribution is 0.598. The molecule has 0 saturated heterocycles. The zero-order chi connectivity index (χ0) is 18.6. The molecule has 2 unspecified atom stereocenters. The average molecular weight is 429 g/mol. The van der Waals surface area contributed by atoms with E-state index in [0.717, 1.165) is 0 Å². The minimum absolute atomic E-state index is 0.0151. The van der Waals surface area contributed by atoms with Crippen LogP contribution in [0.4, 0.5) is 17.5 Å². The Hall–Kier alpha value is -2.11. The van der Waals surface area contributed by atoms with E-state index in [9.17, 15) is 13.3 Å². The number of nitrogens with two attached hydrogens (primary N) is 1. The van der Waals surface area contributed by atoms with Crippen molar-refractivity contribution in [1.82, 2.24) is 9.97 Å². The predicted octanol–water partition coefficient (Wildman–Crippen LogP) is 2.59. The SMILES string of the molecule is CC(N=O)C(C)Nc1nc(Nc2ccc(S(N)(=O)=O)cc2)ncc1Br. The summed E-state index contributed by atoms with van der Waals surface area (Å²) in [6.45, 7) is 3.52. The first kappa shape index (κ1) is 19.2. The van der Waals surface area contributed by atoms with E-state index in [4.69, 9.17) is 5.14 Å². The fourth-order valence-corrected chi connectivity index (χ4v) is 2.63. The maximum absolute atomic E-state index is 11.3. The molecule has 4 N–H and O–H groups in total. The second kappa shape index (κ2) is 7.85. The number of benzene rings is 1. The molecule has 2 atom stereocenters. The summed E-state index contributed by atoms with van der Waals surface area (Å²) in [6, 6.07) is 5.23. The van der Waals surface area contributed by atoms with Crippen LogP contribution in [0.15, 0.2) is 45.0 Å². The van der Waals surface area contributed by atoms with Gasteiger partial charge in [0.1, 0.15) is 11.9 Å². The summed E-state index contributed by atoms with van der Waals surface area (Å²) in [5.74, 6) is 0.801. The Morgan fingerprint density at radius 3 is 2.44 bits per heavy atom. The van der Waals surface area contributed by atoms with Gasteiger partial charge in [-0.3, -0.25) is 0 Å². The molecule has 1 aromatic heterocycles. The molecule has 25 heavy (non-hydrogen) atoms. The lowest BCUT2D eigenvalue weighted by Crippen LogP contribution is -2.27. The highest BCUT2D eigenvalue weighted by atomic mass is 79.9. The van der Waals surface area contributed by atoms with Crippen LogP contribution in [0.3, 0.4) is 0 Å². The maximum Gasteiger partial charge on any atom is 0.238 e. The normalized spacial score (nSPS) is 13.8. The van der Waals surface area contributed by atoms with Crippen LogP contribution in [0.25, 0.3) is 0 Å². The largest absolute Gasteiger partial charge is 0.364 e. The number of rotatable bonds is 7. The number of nitrogens with zero attached hydrogens (tertiary/aromatic N) is 3. The number of primary sulfonamides is 1. The predicted molar refractivity (Wildman–Crippen MR) is 99.2 cm³/mol. The lowest BCUT2D eigenvalue weighted by atomic mass is 10.2. The standard InChI is InChI=1S/C14H17BrN6O3S/c1-8(9(2)21-22)18-13-12(15)7-17-14(20-13)19-10-3-5-11(6-4-10)25(16,23)24/h3-9H,1-2H3,(H2,16,23,24)(H2,17,18,19,20). The van der Waals surface area contributed by atoms with Crippen LogP contribution in [0, 0.1) is 4.91 Å². The van der Waals surface area contributed by atoms with Gasteiger partial charge in [-0.15, -0.1) is 0 Å².